The van der Waals surface area contributed by atoms with Crippen molar-refractivity contribution in [2.45, 2.75) is 33.2 Å². The molecule has 0 heterocycles. The van der Waals surface area contributed by atoms with E-state index >= 15 is 0 Å². The van der Waals surface area contributed by atoms with Gasteiger partial charge < -0.3 is 10.6 Å². The molecule has 0 bridgehead atoms. The van der Waals surface area contributed by atoms with E-state index in [1.54, 1.807) is 0 Å². The number of benzene rings is 2. The van der Waals surface area contributed by atoms with Crippen molar-refractivity contribution >= 4 is 23.0 Å². The van der Waals surface area contributed by atoms with Gasteiger partial charge in [0.1, 0.15) is 0 Å². The second-order valence-corrected chi connectivity index (χ2v) is 6.24. The van der Waals surface area contributed by atoms with Crippen LogP contribution in [-0.4, -0.2) is 13.1 Å². The minimum absolute atomic E-state index is 0.106. The molecule has 0 fully saturated rings. The predicted octanol–water partition coefficient (Wildman–Crippen LogP) is 4.61. The van der Waals surface area contributed by atoms with Crippen LogP contribution < -0.4 is 10.6 Å². The quantitative estimate of drug-likeness (QED) is 0.893. The Morgan fingerprint density at radius 1 is 1.10 bits per heavy atom. The van der Waals surface area contributed by atoms with Gasteiger partial charge in [-0.1, -0.05) is 29.3 Å². The molecule has 21 heavy (non-hydrogen) atoms. The standard InChI is InChI=1S/C18H23ClN2/c1-12-5-7-17(13(2)9-12)21(4)18-8-6-16(19)11-15(18)10-14(3)20/h5-9,11,14H,10,20H2,1-4H3. The maximum Gasteiger partial charge on any atom is 0.0442 e. The van der Waals surface area contributed by atoms with Crippen LogP contribution in [0.3, 0.4) is 0 Å². The Hall–Kier alpha value is -1.51. The lowest BCUT2D eigenvalue weighted by molar-refractivity contribution is 0.737. The van der Waals surface area contributed by atoms with Gasteiger partial charge in [-0.25, -0.2) is 0 Å². The zero-order valence-electron chi connectivity index (χ0n) is 13.2. The highest BCUT2D eigenvalue weighted by Crippen LogP contribution is 2.32. The van der Waals surface area contributed by atoms with Gasteiger partial charge in [0.15, 0.2) is 0 Å². The number of nitrogens with zero attached hydrogens (tertiary/aromatic N) is 1. The Morgan fingerprint density at radius 3 is 2.38 bits per heavy atom. The Morgan fingerprint density at radius 2 is 1.76 bits per heavy atom. The Balaban J connectivity index is 2.44. The molecule has 0 aliphatic carbocycles. The molecule has 0 saturated heterocycles. The molecule has 1 atom stereocenters. The molecule has 2 aromatic rings. The van der Waals surface area contributed by atoms with Crippen LogP contribution in [0.25, 0.3) is 0 Å². The Labute approximate surface area is 132 Å². The van der Waals surface area contributed by atoms with Crippen molar-refractivity contribution in [3.05, 3.63) is 58.1 Å². The number of hydrogen-bond acceptors (Lipinski definition) is 2. The van der Waals surface area contributed by atoms with Gasteiger partial charge in [0.05, 0.1) is 0 Å². The fraction of sp³-hybridized carbons (Fsp3) is 0.333. The van der Waals surface area contributed by atoms with Crippen LogP contribution in [0.1, 0.15) is 23.6 Å². The molecule has 0 aromatic heterocycles. The van der Waals surface area contributed by atoms with Gasteiger partial charge >= 0.3 is 0 Å². The van der Waals surface area contributed by atoms with Crippen LogP contribution >= 0.6 is 11.6 Å². The van der Waals surface area contributed by atoms with Crippen LogP contribution in [0.2, 0.25) is 5.02 Å². The summed E-state index contributed by atoms with van der Waals surface area (Å²) in [6.07, 6.45) is 0.811. The maximum absolute atomic E-state index is 6.14. The van der Waals surface area contributed by atoms with E-state index < -0.39 is 0 Å². The lowest BCUT2D eigenvalue weighted by atomic mass is 10.0. The fourth-order valence-electron chi connectivity index (χ4n) is 2.70. The summed E-state index contributed by atoms with van der Waals surface area (Å²) in [5.41, 5.74) is 12.0. The summed E-state index contributed by atoms with van der Waals surface area (Å²) in [6.45, 7) is 6.27. The summed E-state index contributed by atoms with van der Waals surface area (Å²) in [5.74, 6) is 0. The molecule has 0 aliphatic rings. The molecule has 1 unspecified atom stereocenters. The number of halogens is 1. The van der Waals surface area contributed by atoms with Crippen molar-refractivity contribution in [1.82, 2.24) is 0 Å². The normalized spacial score (nSPS) is 12.3. The van der Waals surface area contributed by atoms with Crippen molar-refractivity contribution in [3.63, 3.8) is 0 Å². The maximum atomic E-state index is 6.14. The van der Waals surface area contributed by atoms with Crippen LogP contribution in [0.15, 0.2) is 36.4 Å². The predicted molar refractivity (Wildman–Crippen MR) is 92.8 cm³/mol. The molecule has 2 rings (SSSR count). The molecule has 0 radical (unpaired) electrons. The van der Waals surface area contributed by atoms with Gasteiger partial charge in [-0.3, -0.25) is 0 Å². The zero-order valence-corrected chi connectivity index (χ0v) is 13.9. The smallest absolute Gasteiger partial charge is 0.0442 e. The van der Waals surface area contributed by atoms with Gasteiger partial charge in [0.25, 0.3) is 0 Å². The van der Waals surface area contributed by atoms with Crippen molar-refractivity contribution in [2.24, 2.45) is 5.73 Å². The van der Waals surface area contributed by atoms with E-state index in [0.717, 1.165) is 17.1 Å². The molecular weight excluding hydrogens is 280 g/mol. The number of hydrogen-bond donors (Lipinski definition) is 1. The topological polar surface area (TPSA) is 29.3 Å². The fourth-order valence-corrected chi connectivity index (χ4v) is 2.90. The lowest BCUT2D eigenvalue weighted by Gasteiger charge is -2.25. The van der Waals surface area contributed by atoms with Crippen LogP contribution in [0, 0.1) is 13.8 Å². The van der Waals surface area contributed by atoms with Crippen LogP contribution in [-0.2, 0) is 6.42 Å². The van der Waals surface area contributed by atoms with Crippen molar-refractivity contribution in [1.29, 1.82) is 0 Å². The van der Waals surface area contributed by atoms with E-state index in [-0.39, 0.29) is 6.04 Å². The second-order valence-electron chi connectivity index (χ2n) is 5.80. The number of anilines is 2. The summed E-state index contributed by atoms with van der Waals surface area (Å²) >= 11 is 6.14. The molecule has 2 nitrogen and oxygen atoms in total. The number of rotatable bonds is 4. The van der Waals surface area contributed by atoms with E-state index in [2.05, 4.69) is 50.1 Å². The monoisotopic (exact) mass is 302 g/mol. The average Bonchev–Trinajstić information content (AvgIpc) is 2.37. The largest absolute Gasteiger partial charge is 0.344 e. The Bertz CT molecular complexity index is 635. The molecule has 0 amide bonds. The number of nitrogens with two attached hydrogens (primary N) is 1. The third-order valence-electron chi connectivity index (χ3n) is 3.66. The minimum atomic E-state index is 0.106. The lowest BCUT2D eigenvalue weighted by Crippen LogP contribution is -2.20. The summed E-state index contributed by atoms with van der Waals surface area (Å²) in [4.78, 5) is 2.21. The first kappa shape index (κ1) is 15.9. The first-order chi connectivity index (χ1) is 9.88. The highest BCUT2D eigenvalue weighted by atomic mass is 35.5. The van der Waals surface area contributed by atoms with Gasteiger partial charge in [-0.05, 0) is 62.6 Å². The highest BCUT2D eigenvalue weighted by Gasteiger charge is 2.13. The molecule has 3 heteroatoms. The minimum Gasteiger partial charge on any atom is -0.344 e. The molecular formula is C18H23ClN2. The molecule has 0 spiro atoms. The highest BCUT2D eigenvalue weighted by molar-refractivity contribution is 6.30. The summed E-state index contributed by atoms with van der Waals surface area (Å²) in [5, 5.41) is 0.753. The van der Waals surface area contributed by atoms with E-state index in [4.69, 9.17) is 17.3 Å². The van der Waals surface area contributed by atoms with Crippen LogP contribution in [0.5, 0.6) is 0 Å². The first-order valence-corrected chi connectivity index (χ1v) is 7.61. The third kappa shape index (κ3) is 3.78. The SMILES string of the molecule is Cc1ccc(N(C)c2ccc(Cl)cc2CC(C)N)c(C)c1. The van der Waals surface area contributed by atoms with Gasteiger partial charge in [0, 0.05) is 29.5 Å². The zero-order chi connectivity index (χ0) is 15.6. The third-order valence-corrected chi connectivity index (χ3v) is 3.89. The molecule has 0 saturated carbocycles. The second kappa shape index (κ2) is 6.50. The van der Waals surface area contributed by atoms with Crippen molar-refractivity contribution in [2.75, 3.05) is 11.9 Å². The first-order valence-electron chi connectivity index (χ1n) is 7.23. The molecule has 2 N–H and O–H groups in total. The van der Waals surface area contributed by atoms with E-state index in [9.17, 15) is 0 Å². The molecule has 112 valence electrons. The van der Waals surface area contributed by atoms with Crippen LogP contribution in [0.4, 0.5) is 11.4 Å². The average molecular weight is 303 g/mol. The van der Waals surface area contributed by atoms with E-state index in [0.29, 0.717) is 0 Å². The Kier molecular flexibility index (Phi) is 4.92. The van der Waals surface area contributed by atoms with E-state index in [1.165, 1.54) is 22.4 Å². The van der Waals surface area contributed by atoms with E-state index in [1.807, 2.05) is 19.1 Å². The van der Waals surface area contributed by atoms with Gasteiger partial charge in [0.2, 0.25) is 0 Å². The van der Waals surface area contributed by atoms with Crippen molar-refractivity contribution < 1.29 is 0 Å². The summed E-state index contributed by atoms with van der Waals surface area (Å²) in [6, 6.07) is 12.6. The van der Waals surface area contributed by atoms with Gasteiger partial charge in [-0.15, -0.1) is 0 Å². The molecule has 2 aromatic carbocycles. The van der Waals surface area contributed by atoms with Gasteiger partial charge in [-0.2, -0.15) is 0 Å². The molecule has 0 aliphatic heterocycles. The van der Waals surface area contributed by atoms with Crippen molar-refractivity contribution in [3.8, 4) is 0 Å². The summed E-state index contributed by atoms with van der Waals surface area (Å²) < 4.78 is 0. The summed E-state index contributed by atoms with van der Waals surface area (Å²) in [7, 11) is 2.09. The number of aryl methyl sites for hydroxylation is 2.